The summed E-state index contributed by atoms with van der Waals surface area (Å²) < 4.78 is 37.8. The van der Waals surface area contributed by atoms with E-state index in [1.807, 2.05) is 17.0 Å². The van der Waals surface area contributed by atoms with Gasteiger partial charge in [0.05, 0.1) is 50.6 Å². The number of hydrogen-bond acceptors (Lipinski definition) is 8. The zero-order chi connectivity index (χ0) is 22.9. The van der Waals surface area contributed by atoms with Gasteiger partial charge in [0.2, 0.25) is 15.9 Å². The van der Waals surface area contributed by atoms with E-state index in [4.69, 9.17) is 20.0 Å². The maximum absolute atomic E-state index is 13.0. The molecule has 1 amide bonds. The van der Waals surface area contributed by atoms with Crippen molar-refractivity contribution in [1.82, 2.24) is 14.1 Å². The normalized spacial score (nSPS) is 15.0. The van der Waals surface area contributed by atoms with Crippen molar-refractivity contribution < 1.29 is 22.7 Å². The number of amides is 1. The van der Waals surface area contributed by atoms with Gasteiger partial charge in [0.25, 0.3) is 0 Å². The zero-order valence-corrected chi connectivity index (χ0v) is 18.6. The molecular weight excluding hydrogens is 422 g/mol. The Kier molecular flexibility index (Phi) is 9.06. The second-order valence-electron chi connectivity index (χ2n) is 6.89. The topological polar surface area (TPSA) is 127 Å². The smallest absolute Gasteiger partial charge is 0.243 e. The molecule has 1 aromatic rings. The number of carbonyl (C=O) groups is 1. The third kappa shape index (κ3) is 6.31. The standard InChI is InChI=1S/C20H27N5O5S/c1-29-18-6-5-17(15-19(18)30-2)31(27,28)25-13-11-23(12-14-25)16-20(26)24(9-3-7-21)10-4-8-22/h5-6,15H,3-4,9-14,16H2,1-2H3. The van der Waals surface area contributed by atoms with Gasteiger partial charge in [-0.05, 0) is 12.1 Å². The Morgan fingerprint density at radius 3 is 2.13 bits per heavy atom. The van der Waals surface area contributed by atoms with Gasteiger partial charge in [-0.1, -0.05) is 0 Å². The molecular formula is C20H27N5O5S. The first-order chi connectivity index (χ1) is 14.9. The highest BCUT2D eigenvalue weighted by Crippen LogP contribution is 2.30. The Hall–Kier alpha value is -2.86. The van der Waals surface area contributed by atoms with Gasteiger partial charge in [0.15, 0.2) is 11.5 Å². The van der Waals surface area contributed by atoms with Crippen LogP contribution < -0.4 is 9.47 Å². The van der Waals surface area contributed by atoms with Crippen LogP contribution in [0.1, 0.15) is 12.8 Å². The second-order valence-corrected chi connectivity index (χ2v) is 8.83. The summed E-state index contributed by atoms with van der Waals surface area (Å²) in [5.74, 6) is 0.617. The van der Waals surface area contributed by atoms with E-state index < -0.39 is 10.0 Å². The Labute approximate surface area is 183 Å². The third-order valence-corrected chi connectivity index (χ3v) is 6.92. The van der Waals surface area contributed by atoms with Crippen molar-refractivity contribution in [2.45, 2.75) is 17.7 Å². The molecule has 0 aromatic heterocycles. The molecule has 31 heavy (non-hydrogen) atoms. The van der Waals surface area contributed by atoms with Crippen molar-refractivity contribution in [3.05, 3.63) is 18.2 Å². The minimum absolute atomic E-state index is 0.119. The van der Waals surface area contributed by atoms with E-state index in [9.17, 15) is 13.2 Å². The summed E-state index contributed by atoms with van der Waals surface area (Å²) in [6.07, 6.45) is 0.406. The number of ether oxygens (including phenoxy) is 2. The van der Waals surface area contributed by atoms with Crippen LogP contribution in [0, 0.1) is 22.7 Å². The van der Waals surface area contributed by atoms with Gasteiger partial charge in [-0.15, -0.1) is 0 Å². The number of rotatable bonds is 10. The lowest BCUT2D eigenvalue weighted by atomic mass is 10.3. The van der Waals surface area contributed by atoms with Gasteiger partial charge in [0.1, 0.15) is 0 Å². The molecule has 1 aliphatic rings. The molecule has 168 valence electrons. The zero-order valence-electron chi connectivity index (χ0n) is 17.8. The maximum Gasteiger partial charge on any atom is 0.243 e. The summed E-state index contributed by atoms with van der Waals surface area (Å²) in [6, 6.07) is 8.48. The van der Waals surface area contributed by atoms with Gasteiger partial charge >= 0.3 is 0 Å². The number of benzene rings is 1. The van der Waals surface area contributed by atoms with Crippen LogP contribution in [0.3, 0.4) is 0 Å². The number of sulfonamides is 1. The number of piperazine rings is 1. The predicted octanol–water partition coefficient (Wildman–Crippen LogP) is 0.666. The summed E-state index contributed by atoms with van der Waals surface area (Å²) in [5.41, 5.74) is 0. The average molecular weight is 450 g/mol. The van der Waals surface area contributed by atoms with Gasteiger partial charge in [-0.25, -0.2) is 8.42 Å². The second kappa shape index (κ2) is 11.5. The van der Waals surface area contributed by atoms with E-state index in [0.29, 0.717) is 24.6 Å². The fraction of sp³-hybridized carbons (Fsp3) is 0.550. The van der Waals surface area contributed by atoms with E-state index in [0.717, 1.165) is 0 Å². The lowest BCUT2D eigenvalue weighted by molar-refractivity contribution is -0.132. The minimum Gasteiger partial charge on any atom is -0.493 e. The fourth-order valence-corrected chi connectivity index (χ4v) is 4.71. The van der Waals surface area contributed by atoms with Gasteiger partial charge in [0, 0.05) is 45.3 Å². The van der Waals surface area contributed by atoms with Crippen LogP contribution in [-0.2, 0) is 14.8 Å². The molecule has 1 saturated heterocycles. The summed E-state index contributed by atoms with van der Waals surface area (Å²) in [5, 5.41) is 17.5. The molecule has 11 heteroatoms. The summed E-state index contributed by atoms with van der Waals surface area (Å²) in [7, 11) is -0.783. The van der Waals surface area contributed by atoms with Crippen LogP contribution in [-0.4, -0.2) is 88.5 Å². The molecule has 0 spiro atoms. The fourth-order valence-electron chi connectivity index (χ4n) is 3.28. The minimum atomic E-state index is -3.71. The molecule has 0 saturated carbocycles. The van der Waals surface area contributed by atoms with Gasteiger partial charge in [-0.3, -0.25) is 9.69 Å². The lowest BCUT2D eigenvalue weighted by Gasteiger charge is -2.34. The van der Waals surface area contributed by atoms with Gasteiger partial charge in [-0.2, -0.15) is 14.8 Å². The van der Waals surface area contributed by atoms with Crippen molar-refractivity contribution in [3.8, 4) is 23.6 Å². The summed E-state index contributed by atoms with van der Waals surface area (Å²) >= 11 is 0. The van der Waals surface area contributed by atoms with Crippen molar-refractivity contribution >= 4 is 15.9 Å². The molecule has 1 aliphatic heterocycles. The quantitative estimate of drug-likeness (QED) is 0.510. The predicted molar refractivity (Wildman–Crippen MR) is 112 cm³/mol. The average Bonchev–Trinajstić information content (AvgIpc) is 2.78. The SMILES string of the molecule is COc1ccc(S(=O)(=O)N2CCN(CC(=O)N(CCC#N)CCC#N)CC2)cc1OC. The van der Waals surface area contributed by atoms with Crippen LogP contribution in [0.2, 0.25) is 0 Å². The van der Waals surface area contributed by atoms with Crippen molar-refractivity contribution in [1.29, 1.82) is 10.5 Å². The Balaban J connectivity index is 1.99. The monoisotopic (exact) mass is 449 g/mol. The lowest BCUT2D eigenvalue weighted by Crippen LogP contribution is -2.51. The Morgan fingerprint density at radius 2 is 1.61 bits per heavy atom. The molecule has 0 bridgehead atoms. The number of carbonyl (C=O) groups excluding carboxylic acids is 1. The first-order valence-electron chi connectivity index (χ1n) is 9.83. The van der Waals surface area contributed by atoms with E-state index in [-0.39, 0.29) is 56.4 Å². The van der Waals surface area contributed by atoms with E-state index >= 15 is 0 Å². The molecule has 1 heterocycles. The molecule has 0 N–H and O–H groups in total. The summed E-state index contributed by atoms with van der Waals surface area (Å²) in [6.45, 7) is 2.00. The molecule has 0 aliphatic carbocycles. The first-order valence-corrected chi connectivity index (χ1v) is 11.3. The number of nitrogens with zero attached hydrogens (tertiary/aromatic N) is 5. The molecule has 1 fully saturated rings. The molecule has 1 aromatic carbocycles. The van der Waals surface area contributed by atoms with E-state index in [1.54, 1.807) is 6.07 Å². The highest BCUT2D eigenvalue weighted by Gasteiger charge is 2.30. The first kappa shape index (κ1) is 24.4. The highest BCUT2D eigenvalue weighted by molar-refractivity contribution is 7.89. The highest BCUT2D eigenvalue weighted by atomic mass is 32.2. The van der Waals surface area contributed by atoms with Crippen molar-refractivity contribution in [2.75, 3.05) is 60.0 Å². The van der Waals surface area contributed by atoms with Crippen LogP contribution in [0.25, 0.3) is 0 Å². The Morgan fingerprint density at radius 1 is 1.03 bits per heavy atom. The maximum atomic E-state index is 13.0. The molecule has 10 nitrogen and oxygen atoms in total. The van der Waals surface area contributed by atoms with Crippen LogP contribution in [0.5, 0.6) is 11.5 Å². The van der Waals surface area contributed by atoms with Crippen LogP contribution in [0.4, 0.5) is 0 Å². The molecule has 0 atom stereocenters. The largest absolute Gasteiger partial charge is 0.493 e. The molecule has 2 rings (SSSR count). The molecule has 0 radical (unpaired) electrons. The van der Waals surface area contributed by atoms with Crippen molar-refractivity contribution in [2.24, 2.45) is 0 Å². The van der Waals surface area contributed by atoms with E-state index in [2.05, 4.69) is 0 Å². The van der Waals surface area contributed by atoms with Crippen LogP contribution in [0.15, 0.2) is 23.1 Å². The van der Waals surface area contributed by atoms with Crippen LogP contribution >= 0.6 is 0 Å². The number of methoxy groups -OCH3 is 2. The van der Waals surface area contributed by atoms with E-state index in [1.165, 1.54) is 35.6 Å². The van der Waals surface area contributed by atoms with Crippen molar-refractivity contribution in [3.63, 3.8) is 0 Å². The Bertz CT molecular complexity index is 928. The van der Waals surface area contributed by atoms with Gasteiger partial charge < -0.3 is 14.4 Å². The third-order valence-electron chi connectivity index (χ3n) is 5.02. The number of hydrogen-bond donors (Lipinski definition) is 0. The number of nitriles is 2. The summed E-state index contributed by atoms with van der Waals surface area (Å²) in [4.78, 5) is 16.1. The molecule has 0 unspecified atom stereocenters.